The number of fused-ring (bicyclic) bond motifs is 5. The van der Waals surface area contributed by atoms with Crippen LogP contribution in [0.25, 0.3) is 33.2 Å². The van der Waals surface area contributed by atoms with Crippen molar-refractivity contribution in [3.8, 4) is 11.4 Å². The van der Waals surface area contributed by atoms with Gasteiger partial charge in [-0.25, -0.2) is 9.13 Å². The standard InChI is InChI=1S/C23H23N2/c1-16-10-12-18-13-11-17-7-5-6-14-25-21-9-4-3-8-20(21)24(2)23(25)22(16)19(18)15-17/h3-4,8-13,15H,5-7,14H2,1-2H3/q+1/i7D2,14D2. The van der Waals surface area contributed by atoms with Crippen molar-refractivity contribution in [1.82, 2.24) is 4.57 Å². The molecule has 0 N–H and O–H groups in total. The second kappa shape index (κ2) is 5.45. The number of aromatic nitrogens is 2. The number of hydrogen-bond acceptors (Lipinski definition) is 0. The van der Waals surface area contributed by atoms with Crippen molar-refractivity contribution >= 4 is 21.8 Å². The minimum absolute atomic E-state index is 0.0882. The number of rotatable bonds is 0. The van der Waals surface area contributed by atoms with Crippen LogP contribution < -0.4 is 4.57 Å². The Kier molecular flexibility index (Phi) is 2.42. The van der Waals surface area contributed by atoms with Crippen LogP contribution in [-0.2, 0) is 19.9 Å². The van der Waals surface area contributed by atoms with Crippen molar-refractivity contribution in [3.05, 3.63) is 65.7 Å². The van der Waals surface area contributed by atoms with Crippen LogP contribution in [0.15, 0.2) is 54.6 Å². The highest BCUT2D eigenvalue weighted by Crippen LogP contribution is 2.33. The average Bonchev–Trinajstić information content (AvgIpc) is 2.99. The lowest BCUT2D eigenvalue weighted by Gasteiger charge is -2.13. The van der Waals surface area contributed by atoms with E-state index in [0.717, 1.165) is 38.8 Å². The van der Waals surface area contributed by atoms with E-state index in [-0.39, 0.29) is 12.8 Å². The Morgan fingerprint density at radius 2 is 1.88 bits per heavy atom. The number of benzene rings is 3. The number of hydrogen-bond donors (Lipinski definition) is 0. The van der Waals surface area contributed by atoms with Crippen LogP contribution in [-0.4, -0.2) is 4.57 Å². The van der Waals surface area contributed by atoms with Gasteiger partial charge in [-0.3, -0.25) is 0 Å². The molecular weight excluding hydrogens is 304 g/mol. The largest absolute Gasteiger partial charge is 0.290 e. The Morgan fingerprint density at radius 3 is 2.80 bits per heavy atom. The number of imidazole rings is 1. The predicted molar refractivity (Wildman–Crippen MR) is 104 cm³/mol. The van der Waals surface area contributed by atoms with Crippen molar-refractivity contribution in [2.45, 2.75) is 32.6 Å². The van der Waals surface area contributed by atoms with Crippen LogP contribution in [0.4, 0.5) is 0 Å². The molecule has 0 fully saturated rings. The fourth-order valence-electron chi connectivity index (χ4n) is 3.96. The third kappa shape index (κ3) is 2.13. The first-order valence-corrected chi connectivity index (χ1v) is 8.75. The van der Waals surface area contributed by atoms with Crippen molar-refractivity contribution in [1.29, 1.82) is 0 Å². The maximum atomic E-state index is 8.95. The Bertz CT molecular complexity index is 1290. The molecule has 2 heteroatoms. The maximum absolute atomic E-state index is 8.95. The molecule has 0 unspecified atom stereocenters. The molecule has 0 amide bonds. The van der Waals surface area contributed by atoms with Crippen LogP contribution in [0.5, 0.6) is 0 Å². The molecule has 0 saturated heterocycles. The Balaban J connectivity index is 2.04. The summed E-state index contributed by atoms with van der Waals surface area (Å²) in [4.78, 5) is 0. The highest BCUT2D eigenvalue weighted by molar-refractivity contribution is 5.97. The summed E-state index contributed by atoms with van der Waals surface area (Å²) in [6.07, 6.45) is -1.39. The summed E-state index contributed by atoms with van der Waals surface area (Å²) in [6, 6.07) is 17.8. The molecule has 0 radical (unpaired) electrons. The first kappa shape index (κ1) is 11.1. The summed E-state index contributed by atoms with van der Waals surface area (Å²) in [6.45, 7) is 0.314. The first-order valence-electron chi connectivity index (χ1n) is 10.7. The van der Waals surface area contributed by atoms with Crippen LogP contribution in [0.1, 0.15) is 29.5 Å². The number of aryl methyl sites for hydroxylation is 4. The molecule has 0 atom stereocenters. The SMILES string of the molecule is [2H]C1([2H])CCC([2H])([2H])[n+]2c(n(C)c3ccccc32)-c2c(C)ccc3ccc1cc23. The lowest BCUT2D eigenvalue weighted by Crippen LogP contribution is -2.36. The molecule has 2 nitrogen and oxygen atoms in total. The lowest BCUT2D eigenvalue weighted by molar-refractivity contribution is -0.661. The molecular formula is C23H23N2+. The molecule has 1 aliphatic rings. The van der Waals surface area contributed by atoms with Gasteiger partial charge < -0.3 is 0 Å². The second-order valence-corrected chi connectivity index (χ2v) is 6.74. The van der Waals surface area contributed by atoms with Gasteiger partial charge in [0.05, 0.1) is 21.8 Å². The van der Waals surface area contributed by atoms with E-state index >= 15 is 0 Å². The molecule has 3 aromatic carbocycles. The summed E-state index contributed by atoms with van der Waals surface area (Å²) in [5.41, 5.74) is 4.40. The number of nitrogens with zero attached hydrogens (tertiary/aromatic N) is 2. The topological polar surface area (TPSA) is 8.81 Å². The Hall–Kier alpha value is -2.61. The van der Waals surface area contributed by atoms with E-state index in [2.05, 4.69) is 16.7 Å². The van der Waals surface area contributed by atoms with Crippen molar-refractivity contribution in [2.75, 3.05) is 0 Å². The summed E-state index contributed by atoms with van der Waals surface area (Å²) in [5, 5.41) is 1.99. The molecule has 124 valence electrons. The van der Waals surface area contributed by atoms with Gasteiger partial charge in [0.1, 0.15) is 0 Å². The zero-order valence-electron chi connectivity index (χ0n) is 18.5. The number of para-hydroxylation sites is 2. The van der Waals surface area contributed by atoms with Crippen molar-refractivity contribution < 1.29 is 10.1 Å². The van der Waals surface area contributed by atoms with Gasteiger partial charge in [-0.05, 0) is 60.2 Å². The maximum Gasteiger partial charge on any atom is 0.290 e. The molecule has 1 aromatic heterocycles. The third-order valence-electron chi connectivity index (χ3n) is 5.19. The van der Waals surface area contributed by atoms with Gasteiger partial charge in [-0.1, -0.05) is 42.5 Å². The van der Waals surface area contributed by atoms with Gasteiger partial charge in [-0.15, -0.1) is 0 Å². The minimum Gasteiger partial charge on any atom is -0.226 e. The van der Waals surface area contributed by atoms with E-state index < -0.39 is 12.9 Å². The molecule has 0 spiro atoms. The molecule has 0 aliphatic carbocycles. The summed E-state index contributed by atoms with van der Waals surface area (Å²) in [7, 11) is 1.98. The fourth-order valence-corrected chi connectivity index (χ4v) is 3.96. The Morgan fingerprint density at radius 1 is 1.04 bits per heavy atom. The molecule has 0 saturated carbocycles. The second-order valence-electron chi connectivity index (χ2n) is 6.74. The van der Waals surface area contributed by atoms with E-state index in [0.29, 0.717) is 5.56 Å². The highest BCUT2D eigenvalue weighted by atomic mass is 15.2. The zero-order chi connectivity index (χ0) is 20.6. The predicted octanol–water partition coefficient (Wildman–Crippen LogP) is 4.93. The van der Waals surface area contributed by atoms with E-state index in [1.807, 2.05) is 56.4 Å². The van der Waals surface area contributed by atoms with Gasteiger partial charge in [0.2, 0.25) is 0 Å². The van der Waals surface area contributed by atoms with E-state index in [9.17, 15) is 0 Å². The van der Waals surface area contributed by atoms with Crippen LogP contribution in [0.2, 0.25) is 0 Å². The normalized spacial score (nSPS) is 20.6. The summed E-state index contributed by atoms with van der Waals surface area (Å²) < 4.78 is 39.0. The third-order valence-corrected chi connectivity index (χ3v) is 5.19. The highest BCUT2D eigenvalue weighted by Gasteiger charge is 2.27. The summed E-state index contributed by atoms with van der Waals surface area (Å²) >= 11 is 0. The molecule has 2 bridgehead atoms. The zero-order valence-corrected chi connectivity index (χ0v) is 14.5. The van der Waals surface area contributed by atoms with E-state index in [1.54, 1.807) is 4.57 Å². The van der Waals surface area contributed by atoms with Gasteiger partial charge >= 0.3 is 0 Å². The van der Waals surface area contributed by atoms with Crippen LogP contribution >= 0.6 is 0 Å². The average molecular weight is 331 g/mol. The van der Waals surface area contributed by atoms with Gasteiger partial charge in [0, 0.05) is 2.74 Å². The van der Waals surface area contributed by atoms with E-state index in [1.165, 1.54) is 0 Å². The Labute approximate surface area is 154 Å². The molecule has 25 heavy (non-hydrogen) atoms. The van der Waals surface area contributed by atoms with E-state index in [4.69, 9.17) is 5.48 Å². The molecule has 5 rings (SSSR count). The lowest BCUT2D eigenvalue weighted by atomic mass is 9.95. The first-order chi connectivity index (χ1) is 13.7. The van der Waals surface area contributed by atoms with Crippen LogP contribution in [0.3, 0.4) is 0 Å². The van der Waals surface area contributed by atoms with Gasteiger partial charge in [0.15, 0.2) is 11.0 Å². The summed E-state index contributed by atoms with van der Waals surface area (Å²) in [5.74, 6) is 0.818. The quantitative estimate of drug-likeness (QED) is 0.404. The fraction of sp³-hybridized carbons (Fsp3) is 0.261. The van der Waals surface area contributed by atoms with Gasteiger partial charge in [-0.2, -0.15) is 0 Å². The van der Waals surface area contributed by atoms with Crippen molar-refractivity contribution in [3.63, 3.8) is 0 Å². The monoisotopic (exact) mass is 331 g/mol. The molecule has 2 heterocycles. The van der Waals surface area contributed by atoms with Crippen molar-refractivity contribution in [2.24, 2.45) is 7.05 Å². The van der Waals surface area contributed by atoms with Gasteiger partial charge in [0.25, 0.3) is 5.82 Å². The minimum atomic E-state index is -1.73. The van der Waals surface area contributed by atoms with Crippen LogP contribution in [0, 0.1) is 6.92 Å². The molecule has 1 aliphatic heterocycles. The molecule has 4 aromatic rings. The smallest absolute Gasteiger partial charge is 0.226 e.